The van der Waals surface area contributed by atoms with E-state index in [1.165, 1.54) is 0 Å². The number of anilines is 1. The standard InChI is InChI=1S/C10H13BrN2O/c11-8-1-2-10(12-7-8)13-5-3-9(14)4-6-13/h1-2,7,9,14H,3-6H2/i1D,2D,3D2,4D2,5D2,6D2,7D,9D. The van der Waals surface area contributed by atoms with Gasteiger partial charge in [-0.1, -0.05) is 0 Å². The highest BCUT2D eigenvalue weighted by Gasteiger charge is 2.17. The molecule has 1 saturated heterocycles. The van der Waals surface area contributed by atoms with Crippen LogP contribution in [0, 0.1) is 0 Å². The van der Waals surface area contributed by atoms with Crippen LogP contribution in [0.2, 0.25) is 0 Å². The molecule has 76 valence electrons. The van der Waals surface area contributed by atoms with Gasteiger partial charge in [-0.05, 0) is 40.8 Å². The zero-order valence-electron chi connectivity index (χ0n) is 18.7. The molecule has 1 aliphatic rings. The first kappa shape index (κ1) is 2.95. The number of hydrogen-bond donors (Lipinski definition) is 1. The second-order valence-corrected chi connectivity index (χ2v) is 3.06. The van der Waals surface area contributed by atoms with E-state index in [2.05, 4.69) is 20.9 Å². The lowest BCUT2D eigenvalue weighted by atomic mass is 10.1. The Morgan fingerprint density at radius 3 is 3.07 bits per heavy atom. The van der Waals surface area contributed by atoms with Gasteiger partial charge in [0.05, 0.1) is 11.6 Å². The number of aliphatic hydroxyl groups is 1. The molecule has 0 unspecified atom stereocenters. The first-order chi connectivity index (χ1) is 11.4. The molecule has 0 saturated carbocycles. The zero-order chi connectivity index (χ0) is 20.7. The van der Waals surface area contributed by atoms with Crippen LogP contribution in [0.15, 0.2) is 22.7 Å². The van der Waals surface area contributed by atoms with E-state index >= 15 is 0 Å². The maximum atomic E-state index is 10.0. The second-order valence-electron chi connectivity index (χ2n) is 2.27. The quantitative estimate of drug-likeness (QED) is 0.844. The van der Waals surface area contributed by atoms with Crippen molar-refractivity contribution < 1.29 is 21.6 Å². The molecule has 0 radical (unpaired) electrons. The highest BCUT2D eigenvalue weighted by Crippen LogP contribution is 2.19. The molecule has 1 aliphatic heterocycles. The Kier molecular flexibility index (Phi) is 0.901. The van der Waals surface area contributed by atoms with E-state index in [0.29, 0.717) is 0 Å². The molecule has 2 rings (SSSR count). The maximum Gasteiger partial charge on any atom is 0.128 e. The van der Waals surface area contributed by atoms with Crippen molar-refractivity contribution in [2.24, 2.45) is 0 Å². The van der Waals surface area contributed by atoms with Gasteiger partial charge in [-0.2, -0.15) is 0 Å². The van der Waals surface area contributed by atoms with Gasteiger partial charge in [-0.25, -0.2) is 4.98 Å². The highest BCUT2D eigenvalue weighted by atomic mass is 79.9. The van der Waals surface area contributed by atoms with Gasteiger partial charge in [0, 0.05) is 34.6 Å². The van der Waals surface area contributed by atoms with Crippen molar-refractivity contribution in [3.8, 4) is 0 Å². The van der Waals surface area contributed by atoms with E-state index in [-0.39, 0.29) is 9.37 Å². The van der Waals surface area contributed by atoms with Gasteiger partial charge in [0.15, 0.2) is 0 Å². The summed E-state index contributed by atoms with van der Waals surface area (Å²) in [5, 5.41) is 10.0. The van der Waals surface area contributed by atoms with Crippen LogP contribution in [0.4, 0.5) is 5.82 Å². The molecule has 3 nitrogen and oxygen atoms in total. The number of hydrogen-bond acceptors (Lipinski definition) is 3. The molecule has 1 fully saturated rings. The van der Waals surface area contributed by atoms with E-state index in [4.69, 9.17) is 16.4 Å². The van der Waals surface area contributed by atoms with Crippen LogP contribution in [0.25, 0.3) is 0 Å². The summed E-state index contributed by atoms with van der Waals surface area (Å²) in [6.07, 6.45) is -11.9. The Morgan fingerprint density at radius 1 is 1.64 bits per heavy atom. The van der Waals surface area contributed by atoms with Gasteiger partial charge in [0.2, 0.25) is 0 Å². The summed E-state index contributed by atoms with van der Waals surface area (Å²) in [5.74, 6) is -0.999. The van der Waals surface area contributed by atoms with Crippen LogP contribution in [0.1, 0.15) is 29.2 Å². The molecule has 0 spiro atoms. The van der Waals surface area contributed by atoms with Crippen molar-refractivity contribution >= 4 is 21.7 Å². The lowest BCUT2D eigenvalue weighted by Gasteiger charge is -2.30. The Morgan fingerprint density at radius 2 is 2.36 bits per heavy atom. The fraction of sp³-hybridized carbons (Fsp3) is 0.500. The van der Waals surface area contributed by atoms with Crippen molar-refractivity contribution in [1.29, 1.82) is 0 Å². The van der Waals surface area contributed by atoms with Crippen molar-refractivity contribution in [2.75, 3.05) is 17.9 Å². The van der Waals surface area contributed by atoms with Gasteiger partial charge in [0.25, 0.3) is 0 Å². The fourth-order valence-electron chi connectivity index (χ4n) is 0.757. The minimum atomic E-state index is -3.84. The van der Waals surface area contributed by atoms with E-state index in [9.17, 15) is 5.11 Å². The summed E-state index contributed by atoms with van der Waals surface area (Å²) in [4.78, 5) is 3.35. The predicted molar refractivity (Wildman–Crippen MR) is 59.4 cm³/mol. The third-order valence-electron chi connectivity index (χ3n) is 1.33. The summed E-state index contributed by atoms with van der Waals surface area (Å²) in [5.41, 5.74) is 0. The van der Waals surface area contributed by atoms with Crippen LogP contribution in [-0.2, 0) is 0 Å². The average Bonchev–Trinajstić information content (AvgIpc) is 2.48. The first-order valence-corrected chi connectivity index (χ1v) is 4.32. The number of pyridine rings is 1. The van der Waals surface area contributed by atoms with Gasteiger partial charge in [0.1, 0.15) is 5.82 Å². The summed E-state index contributed by atoms with van der Waals surface area (Å²) in [6, 6.07) is -1.55. The Balaban J connectivity index is 2.92. The third kappa shape index (κ3) is 2.25. The molecule has 0 atom stereocenters. The molecule has 0 amide bonds. The molecule has 0 bridgehead atoms. The topological polar surface area (TPSA) is 36.4 Å². The monoisotopic (exact) mass is 268 g/mol. The van der Waals surface area contributed by atoms with Crippen molar-refractivity contribution in [3.05, 3.63) is 22.7 Å². The average molecular weight is 269 g/mol. The SMILES string of the molecule is [2H]c1nc(N2C([2H])([2H])C([2H])([2H])C([2H])(O)C([2H])([2H])C2([2H])[2H])c([2H])c([2H])c1Br. The van der Waals surface area contributed by atoms with Gasteiger partial charge < -0.3 is 10.0 Å². The minimum absolute atomic E-state index is 0.159. The lowest BCUT2D eigenvalue weighted by Crippen LogP contribution is -2.36. The Bertz CT molecular complexity index is 737. The van der Waals surface area contributed by atoms with E-state index < -0.39 is 55.9 Å². The number of rotatable bonds is 1. The van der Waals surface area contributed by atoms with Crippen LogP contribution < -0.4 is 4.90 Å². The van der Waals surface area contributed by atoms with E-state index in [1.807, 2.05) is 0 Å². The first-order valence-electron chi connectivity index (χ1n) is 9.53. The van der Waals surface area contributed by atoms with Gasteiger partial charge in [-0.15, -0.1) is 0 Å². The Hall–Kier alpha value is -0.610. The smallest absolute Gasteiger partial charge is 0.128 e. The van der Waals surface area contributed by atoms with Crippen LogP contribution in [-0.4, -0.2) is 29.2 Å². The summed E-state index contributed by atoms with van der Waals surface area (Å²) in [7, 11) is 0. The molecule has 0 aromatic carbocycles. The summed E-state index contributed by atoms with van der Waals surface area (Å²) < 4.78 is 93.7. The van der Waals surface area contributed by atoms with E-state index in [1.54, 1.807) is 0 Å². The lowest BCUT2D eigenvalue weighted by molar-refractivity contribution is 0.145. The number of aromatic nitrogens is 1. The number of piperidine rings is 1. The largest absolute Gasteiger partial charge is 0.393 e. The van der Waals surface area contributed by atoms with Gasteiger partial charge >= 0.3 is 0 Å². The van der Waals surface area contributed by atoms with Crippen molar-refractivity contribution in [1.82, 2.24) is 4.98 Å². The third-order valence-corrected chi connectivity index (χ3v) is 1.70. The van der Waals surface area contributed by atoms with E-state index in [0.717, 1.165) is 0 Å². The molecule has 4 heteroatoms. The summed E-state index contributed by atoms with van der Waals surface area (Å²) >= 11 is 2.83. The van der Waals surface area contributed by atoms with Crippen LogP contribution >= 0.6 is 15.9 Å². The molecule has 2 heterocycles. The predicted octanol–water partition coefficient (Wildman–Crippen LogP) is 1.81. The molecular weight excluding hydrogens is 244 g/mol. The normalized spacial score (nSPS) is 47.7. The zero-order valence-corrected chi connectivity index (χ0v) is 8.31. The maximum absolute atomic E-state index is 10.0. The van der Waals surface area contributed by atoms with Crippen molar-refractivity contribution in [2.45, 2.75) is 18.8 Å². The number of halogens is 1. The number of nitrogens with zero attached hydrogens (tertiary/aromatic N) is 2. The molecule has 14 heavy (non-hydrogen) atoms. The Labute approximate surface area is 109 Å². The van der Waals surface area contributed by atoms with Gasteiger partial charge in [-0.3, -0.25) is 0 Å². The van der Waals surface area contributed by atoms with Crippen LogP contribution in [0.5, 0.6) is 0 Å². The van der Waals surface area contributed by atoms with Crippen molar-refractivity contribution in [3.63, 3.8) is 0 Å². The second kappa shape index (κ2) is 4.28. The fourth-order valence-corrected chi connectivity index (χ4v) is 0.945. The molecule has 0 aliphatic carbocycles. The molecule has 1 aromatic heterocycles. The molecule has 1 aromatic rings. The molecule has 1 N–H and O–H groups in total. The minimum Gasteiger partial charge on any atom is -0.393 e. The summed E-state index contributed by atoms with van der Waals surface area (Å²) in [6.45, 7) is -7.12. The van der Waals surface area contributed by atoms with Crippen LogP contribution in [0.3, 0.4) is 0 Å². The highest BCUT2D eigenvalue weighted by molar-refractivity contribution is 9.10. The molecular formula is C10H13BrN2O.